The van der Waals surface area contributed by atoms with E-state index in [4.69, 9.17) is 0 Å². The summed E-state index contributed by atoms with van der Waals surface area (Å²) in [5, 5.41) is 0. The Morgan fingerprint density at radius 3 is 0.985 bits per heavy atom. The van der Waals surface area contributed by atoms with E-state index in [0.717, 1.165) is 112 Å². The Balaban J connectivity index is 0.00000525. The quantitative estimate of drug-likeness (QED) is 0.128. The van der Waals surface area contributed by atoms with E-state index in [0.29, 0.717) is 0 Å². The molecule has 316 valence electrons. The van der Waals surface area contributed by atoms with Crippen molar-refractivity contribution in [1.29, 1.82) is 0 Å². The topological polar surface area (TPSA) is 38.7 Å². The molecule has 0 amide bonds. The third-order valence-corrected chi connectivity index (χ3v) is 12.0. The van der Waals surface area contributed by atoms with Crippen molar-refractivity contribution in [1.82, 2.24) is 15.0 Å². The summed E-state index contributed by atoms with van der Waals surface area (Å²) in [5.74, 6) is 0. The summed E-state index contributed by atoms with van der Waals surface area (Å²) in [4.78, 5) is 13.8. The van der Waals surface area contributed by atoms with Crippen LogP contribution in [0.1, 0.15) is 0 Å². The Morgan fingerprint density at radius 1 is 0.254 bits per heavy atom. The fraction of sp³-hybridized carbons (Fsp3) is 0. The van der Waals surface area contributed by atoms with Crippen molar-refractivity contribution in [3.05, 3.63) is 261 Å². The first-order chi connectivity index (χ1) is 32.7. The van der Waals surface area contributed by atoms with E-state index in [9.17, 15) is 0 Å². The molecule has 0 unspecified atom stereocenters. The summed E-state index contributed by atoms with van der Waals surface area (Å²) in [6.45, 7) is 0. The molecule has 0 N–H and O–H groups in total. The molecule has 0 aliphatic carbocycles. The Labute approximate surface area is 405 Å². The second-order valence-electron chi connectivity index (χ2n) is 16.1. The van der Waals surface area contributed by atoms with Crippen LogP contribution in [0.3, 0.4) is 0 Å². The minimum absolute atomic E-state index is 0. The van der Waals surface area contributed by atoms with Crippen molar-refractivity contribution >= 4 is 0 Å². The summed E-state index contributed by atoms with van der Waals surface area (Å²) in [5.41, 5.74) is 21.1. The molecule has 0 bridgehead atoms. The molecular weight excluding hydrogens is 991 g/mol. The number of pyridine rings is 3. The summed E-state index contributed by atoms with van der Waals surface area (Å²) < 4.78 is 0. The minimum atomic E-state index is 0. The summed E-state index contributed by atoms with van der Waals surface area (Å²) in [6.07, 6.45) is 5.47. The van der Waals surface area contributed by atoms with E-state index in [1.165, 1.54) is 0 Å². The molecule has 0 aliphatic rings. The van der Waals surface area contributed by atoms with Gasteiger partial charge in [0, 0.05) is 18.6 Å². The van der Waals surface area contributed by atoms with Gasteiger partial charge in [-0.25, -0.2) is 0 Å². The summed E-state index contributed by atoms with van der Waals surface area (Å²) in [6, 6.07) is 89.5. The Bertz CT molecular complexity index is 3270. The van der Waals surface area contributed by atoms with Gasteiger partial charge in [-0.2, -0.15) is 0 Å². The second-order valence-corrected chi connectivity index (χ2v) is 16.1. The first-order valence-electron chi connectivity index (χ1n) is 22.1. The van der Waals surface area contributed by atoms with Crippen LogP contribution in [-0.2, 0) is 20.1 Å². The Hall–Kier alpha value is -8.14. The van der Waals surface area contributed by atoms with Crippen molar-refractivity contribution in [2.45, 2.75) is 0 Å². The fourth-order valence-electron chi connectivity index (χ4n) is 8.84. The third-order valence-electron chi connectivity index (χ3n) is 12.0. The molecule has 8 aromatic carbocycles. The van der Waals surface area contributed by atoms with Gasteiger partial charge in [-0.3, -0.25) is 0 Å². The molecule has 3 nitrogen and oxygen atoms in total. The molecular formula is C63H40IrN3. The van der Waals surface area contributed by atoms with Crippen LogP contribution in [0.25, 0.3) is 112 Å². The maximum absolute atomic E-state index is 4.61. The van der Waals surface area contributed by atoms with E-state index in [1.54, 1.807) is 0 Å². The molecule has 0 atom stereocenters. The predicted molar refractivity (Wildman–Crippen MR) is 271 cm³/mol. The fourth-order valence-corrected chi connectivity index (χ4v) is 8.84. The zero-order valence-electron chi connectivity index (χ0n) is 36.3. The zero-order chi connectivity index (χ0) is 44.1. The Kier molecular flexibility index (Phi) is 12.5. The number of nitrogens with zero attached hydrogens (tertiary/aromatic N) is 3. The standard InChI is InChI=1S/C63H40N3.Ir/c1-2-15-44(16-3-1)58-21-14-22-59(63(58)50-36-34-49(35-37-50)62-25-10-13-40-66-62)53-42-51(56-19-6-4-17-54(56)45-26-30-47(31-27-45)60-23-8-11-38-64-60)41-52(43-53)57-20-7-5-18-55(57)46-28-32-48(33-29-46)61-24-9-12-39-65-61;/h1-30,32,34,36-43H;/q-3;+3. The van der Waals surface area contributed by atoms with Gasteiger partial charge in [-0.15, -0.1) is 89.5 Å². The number of benzene rings is 8. The zero-order valence-corrected chi connectivity index (χ0v) is 38.7. The predicted octanol–water partition coefficient (Wildman–Crippen LogP) is 15.9. The van der Waals surface area contributed by atoms with Gasteiger partial charge in [0.1, 0.15) is 0 Å². The largest absolute Gasteiger partial charge is 3.00 e. The summed E-state index contributed by atoms with van der Waals surface area (Å²) >= 11 is 0. The molecule has 0 saturated heterocycles. The van der Waals surface area contributed by atoms with E-state index in [1.807, 2.05) is 73.2 Å². The maximum atomic E-state index is 4.61. The van der Waals surface area contributed by atoms with Crippen LogP contribution in [0.5, 0.6) is 0 Å². The van der Waals surface area contributed by atoms with Crippen molar-refractivity contribution in [2.24, 2.45) is 0 Å². The molecule has 11 rings (SSSR count). The van der Waals surface area contributed by atoms with Crippen LogP contribution in [0, 0.1) is 18.2 Å². The van der Waals surface area contributed by atoms with Gasteiger partial charge in [0.15, 0.2) is 0 Å². The van der Waals surface area contributed by atoms with Crippen LogP contribution in [0.2, 0.25) is 0 Å². The summed E-state index contributed by atoms with van der Waals surface area (Å²) in [7, 11) is 0. The van der Waals surface area contributed by atoms with Gasteiger partial charge in [-0.1, -0.05) is 161 Å². The average molecular weight is 1030 g/mol. The molecule has 0 aliphatic heterocycles. The van der Waals surface area contributed by atoms with Crippen LogP contribution in [0.15, 0.2) is 243 Å². The average Bonchev–Trinajstić information content (AvgIpc) is 3.41. The van der Waals surface area contributed by atoms with Crippen molar-refractivity contribution < 1.29 is 20.1 Å². The van der Waals surface area contributed by atoms with E-state index >= 15 is 0 Å². The molecule has 0 fully saturated rings. The molecule has 0 radical (unpaired) electrons. The van der Waals surface area contributed by atoms with E-state index < -0.39 is 0 Å². The van der Waals surface area contributed by atoms with E-state index in [-0.39, 0.29) is 20.1 Å². The SMILES string of the molecule is [Ir+3].[c-]1cc(-c2ccccc2-c2cc(-c3ccccc3-c3c[c-]c(-c4ccccn4)cc3)cc(-c3cccc(-c4ccccc4)c3-c3c[c-]c(-c4ccccn4)cc3)c2)ccc1-c1ccccn1. The number of aromatic nitrogens is 3. The molecule has 67 heavy (non-hydrogen) atoms. The first kappa shape index (κ1) is 42.8. The molecule has 0 spiro atoms. The first-order valence-corrected chi connectivity index (χ1v) is 22.1. The van der Waals surface area contributed by atoms with Gasteiger partial charge in [-0.05, 0) is 104 Å². The number of hydrogen-bond donors (Lipinski definition) is 0. The second kappa shape index (κ2) is 19.5. The van der Waals surface area contributed by atoms with Gasteiger partial charge in [0.2, 0.25) is 0 Å². The number of rotatable bonds is 10. The normalized spacial score (nSPS) is 10.9. The molecule has 4 heteroatoms. The van der Waals surface area contributed by atoms with Crippen LogP contribution in [-0.4, -0.2) is 15.0 Å². The maximum Gasteiger partial charge on any atom is 3.00 e. The van der Waals surface area contributed by atoms with Gasteiger partial charge in [0.05, 0.1) is 0 Å². The third kappa shape index (κ3) is 8.97. The van der Waals surface area contributed by atoms with Crippen molar-refractivity contribution in [3.63, 3.8) is 0 Å². The molecule has 3 heterocycles. The Morgan fingerprint density at radius 2 is 0.597 bits per heavy atom. The van der Waals surface area contributed by atoms with Crippen LogP contribution >= 0.6 is 0 Å². The molecule has 11 aromatic rings. The van der Waals surface area contributed by atoms with Crippen molar-refractivity contribution in [3.8, 4) is 112 Å². The van der Waals surface area contributed by atoms with Gasteiger partial charge in [0.25, 0.3) is 0 Å². The van der Waals surface area contributed by atoms with Crippen LogP contribution in [0.4, 0.5) is 0 Å². The van der Waals surface area contributed by atoms with Crippen molar-refractivity contribution in [2.75, 3.05) is 0 Å². The van der Waals surface area contributed by atoms with Crippen LogP contribution < -0.4 is 0 Å². The molecule has 0 saturated carbocycles. The number of hydrogen-bond acceptors (Lipinski definition) is 3. The van der Waals surface area contributed by atoms with Gasteiger partial charge >= 0.3 is 20.1 Å². The smallest absolute Gasteiger partial charge is 0.305 e. The monoisotopic (exact) mass is 1030 g/mol. The molecule has 3 aromatic heterocycles. The van der Waals surface area contributed by atoms with Gasteiger partial charge < -0.3 is 15.0 Å². The minimum Gasteiger partial charge on any atom is -0.305 e. The van der Waals surface area contributed by atoms with E-state index in [2.05, 4.69) is 203 Å².